The van der Waals surface area contributed by atoms with Crippen molar-refractivity contribution in [3.05, 3.63) is 35.4 Å². The molecule has 0 heterocycles. The van der Waals surface area contributed by atoms with E-state index in [1.54, 1.807) is 12.1 Å². The van der Waals surface area contributed by atoms with Crippen molar-refractivity contribution in [3.8, 4) is 0 Å². The van der Waals surface area contributed by atoms with Gasteiger partial charge in [-0.1, -0.05) is 12.1 Å². The van der Waals surface area contributed by atoms with Crippen LogP contribution in [-0.4, -0.2) is 33.9 Å². The Labute approximate surface area is 98.7 Å². The fraction of sp³-hybridized carbons (Fsp3) is 0.364. The van der Waals surface area contributed by atoms with Gasteiger partial charge in [-0.3, -0.25) is 10.2 Å². The van der Waals surface area contributed by atoms with E-state index in [-0.39, 0.29) is 13.0 Å². The molecule has 0 aliphatic rings. The van der Waals surface area contributed by atoms with Crippen LogP contribution in [0.15, 0.2) is 24.3 Å². The lowest BCUT2D eigenvalue weighted by Crippen LogP contribution is -2.30. The number of amides is 1. The number of carbonyl (C=O) groups is 1. The lowest BCUT2D eigenvalue weighted by atomic mass is 10.0. The highest BCUT2D eigenvalue weighted by molar-refractivity contribution is 5.93. The third-order valence-corrected chi connectivity index (χ3v) is 2.41. The number of carbonyl (C=O) groups excluding carboxylic acids is 1. The molecule has 0 saturated heterocycles. The molecule has 0 bridgehead atoms. The molecule has 6 nitrogen and oxygen atoms in total. The van der Waals surface area contributed by atoms with Gasteiger partial charge in [0.05, 0.1) is 6.10 Å². The molecular weight excluding hydrogens is 224 g/mol. The minimum atomic E-state index is -1.15. The summed E-state index contributed by atoms with van der Waals surface area (Å²) in [6.07, 6.45) is -2.15. The standard InChI is InChI=1S/C11H16N2O4/c12-13-11(17)8-3-1-2-7(6-8)10(16)9(15)4-5-14/h1-3,6,9-10,14-16H,4-5,12H2,(H,13,17). The highest BCUT2D eigenvalue weighted by atomic mass is 16.3. The van der Waals surface area contributed by atoms with Crippen LogP contribution in [-0.2, 0) is 0 Å². The van der Waals surface area contributed by atoms with Gasteiger partial charge in [-0.2, -0.15) is 0 Å². The molecule has 6 heteroatoms. The van der Waals surface area contributed by atoms with Crippen molar-refractivity contribution in [2.75, 3.05) is 6.61 Å². The van der Waals surface area contributed by atoms with E-state index in [9.17, 15) is 15.0 Å². The van der Waals surface area contributed by atoms with Crippen LogP contribution in [0.4, 0.5) is 0 Å². The molecule has 0 aliphatic carbocycles. The Kier molecular flexibility index (Phi) is 5.05. The fourth-order valence-electron chi connectivity index (χ4n) is 1.46. The number of nitrogen functional groups attached to an aromatic ring is 1. The normalized spacial score (nSPS) is 14.1. The molecule has 17 heavy (non-hydrogen) atoms. The Hall–Kier alpha value is -1.47. The minimum Gasteiger partial charge on any atom is -0.396 e. The van der Waals surface area contributed by atoms with Gasteiger partial charge in [0.1, 0.15) is 6.10 Å². The summed E-state index contributed by atoms with van der Waals surface area (Å²) in [5.41, 5.74) is 2.67. The number of nitrogens with two attached hydrogens (primary N) is 1. The number of hydrazine groups is 1. The molecule has 0 aromatic heterocycles. The second-order valence-electron chi connectivity index (χ2n) is 3.62. The largest absolute Gasteiger partial charge is 0.396 e. The molecule has 0 fully saturated rings. The van der Waals surface area contributed by atoms with Crippen molar-refractivity contribution in [2.24, 2.45) is 5.84 Å². The number of rotatable bonds is 5. The van der Waals surface area contributed by atoms with Crippen LogP contribution in [0, 0.1) is 0 Å². The van der Waals surface area contributed by atoms with Crippen LogP contribution in [0.1, 0.15) is 28.4 Å². The lowest BCUT2D eigenvalue weighted by molar-refractivity contribution is 0.00418. The smallest absolute Gasteiger partial charge is 0.265 e. The Morgan fingerprint density at radius 1 is 1.41 bits per heavy atom. The maximum atomic E-state index is 11.3. The highest BCUT2D eigenvalue weighted by Gasteiger charge is 2.18. The fourth-order valence-corrected chi connectivity index (χ4v) is 1.46. The van der Waals surface area contributed by atoms with Gasteiger partial charge in [0, 0.05) is 12.2 Å². The molecule has 6 N–H and O–H groups in total. The zero-order chi connectivity index (χ0) is 12.8. The Bertz CT molecular complexity index is 383. The first kappa shape index (κ1) is 13.6. The summed E-state index contributed by atoms with van der Waals surface area (Å²) in [6, 6.07) is 6.14. The molecule has 0 saturated carbocycles. The highest BCUT2D eigenvalue weighted by Crippen LogP contribution is 2.19. The van der Waals surface area contributed by atoms with Crippen LogP contribution < -0.4 is 11.3 Å². The van der Waals surface area contributed by atoms with Crippen molar-refractivity contribution < 1.29 is 20.1 Å². The van der Waals surface area contributed by atoms with Crippen LogP contribution in [0.25, 0.3) is 0 Å². The predicted octanol–water partition coefficient (Wildman–Crippen LogP) is -0.933. The minimum absolute atomic E-state index is 0.0640. The van der Waals surface area contributed by atoms with Gasteiger partial charge < -0.3 is 15.3 Å². The van der Waals surface area contributed by atoms with E-state index >= 15 is 0 Å². The zero-order valence-corrected chi connectivity index (χ0v) is 9.21. The Balaban J connectivity index is 2.87. The number of benzene rings is 1. The molecule has 94 valence electrons. The van der Waals surface area contributed by atoms with Gasteiger partial charge >= 0.3 is 0 Å². The molecule has 2 unspecified atom stereocenters. The van der Waals surface area contributed by atoms with E-state index in [0.29, 0.717) is 11.1 Å². The van der Waals surface area contributed by atoms with Crippen molar-refractivity contribution in [2.45, 2.75) is 18.6 Å². The SMILES string of the molecule is NNC(=O)c1cccc(C(O)C(O)CCO)c1. The van der Waals surface area contributed by atoms with E-state index in [4.69, 9.17) is 10.9 Å². The van der Waals surface area contributed by atoms with E-state index in [1.165, 1.54) is 12.1 Å². The monoisotopic (exact) mass is 240 g/mol. The van der Waals surface area contributed by atoms with Gasteiger partial charge in [-0.25, -0.2) is 5.84 Å². The molecule has 1 amide bonds. The van der Waals surface area contributed by atoms with Gasteiger partial charge in [-0.05, 0) is 24.1 Å². The van der Waals surface area contributed by atoms with Crippen LogP contribution in [0.3, 0.4) is 0 Å². The summed E-state index contributed by atoms with van der Waals surface area (Å²) >= 11 is 0. The van der Waals surface area contributed by atoms with E-state index < -0.39 is 18.1 Å². The molecular formula is C11H16N2O4. The zero-order valence-electron chi connectivity index (χ0n) is 9.21. The second-order valence-corrected chi connectivity index (χ2v) is 3.62. The average Bonchev–Trinajstić information content (AvgIpc) is 2.37. The molecule has 2 atom stereocenters. The molecule has 1 rings (SSSR count). The van der Waals surface area contributed by atoms with E-state index in [1.807, 2.05) is 5.43 Å². The maximum absolute atomic E-state index is 11.3. The number of hydrogen-bond acceptors (Lipinski definition) is 5. The first-order chi connectivity index (χ1) is 8.10. The number of aliphatic hydroxyl groups is 3. The number of hydrogen-bond donors (Lipinski definition) is 5. The van der Waals surface area contributed by atoms with Crippen molar-refractivity contribution in [1.29, 1.82) is 0 Å². The third-order valence-electron chi connectivity index (χ3n) is 2.41. The molecule has 1 aromatic rings. The van der Waals surface area contributed by atoms with Gasteiger partial charge in [0.25, 0.3) is 5.91 Å². The van der Waals surface area contributed by atoms with Gasteiger partial charge in [0.15, 0.2) is 0 Å². The molecule has 0 radical (unpaired) electrons. The lowest BCUT2D eigenvalue weighted by Gasteiger charge is -2.17. The summed E-state index contributed by atoms with van der Waals surface area (Å²) < 4.78 is 0. The maximum Gasteiger partial charge on any atom is 0.265 e. The summed E-state index contributed by atoms with van der Waals surface area (Å²) in [6.45, 7) is -0.221. The predicted molar refractivity (Wildman–Crippen MR) is 60.8 cm³/mol. The van der Waals surface area contributed by atoms with Crippen molar-refractivity contribution >= 4 is 5.91 Å². The first-order valence-corrected chi connectivity index (χ1v) is 5.18. The van der Waals surface area contributed by atoms with E-state index in [2.05, 4.69) is 0 Å². The third kappa shape index (κ3) is 3.50. The van der Waals surface area contributed by atoms with Crippen LogP contribution in [0.2, 0.25) is 0 Å². The number of nitrogens with one attached hydrogen (secondary N) is 1. The quantitative estimate of drug-likeness (QED) is 0.259. The molecule has 1 aromatic carbocycles. The molecule has 0 spiro atoms. The number of aliphatic hydroxyl groups excluding tert-OH is 3. The van der Waals surface area contributed by atoms with Crippen molar-refractivity contribution in [3.63, 3.8) is 0 Å². The van der Waals surface area contributed by atoms with Gasteiger partial charge in [0.2, 0.25) is 0 Å². The summed E-state index contributed by atoms with van der Waals surface area (Å²) in [7, 11) is 0. The second kappa shape index (κ2) is 6.31. The van der Waals surface area contributed by atoms with Crippen LogP contribution in [0.5, 0.6) is 0 Å². The Morgan fingerprint density at radius 2 is 2.12 bits per heavy atom. The average molecular weight is 240 g/mol. The Morgan fingerprint density at radius 3 is 2.71 bits per heavy atom. The van der Waals surface area contributed by atoms with E-state index in [0.717, 1.165) is 0 Å². The summed E-state index contributed by atoms with van der Waals surface area (Å²) in [5, 5.41) is 28.0. The topological polar surface area (TPSA) is 116 Å². The van der Waals surface area contributed by atoms with Crippen molar-refractivity contribution in [1.82, 2.24) is 5.43 Å². The first-order valence-electron chi connectivity index (χ1n) is 5.18. The molecule has 0 aliphatic heterocycles. The summed E-state index contributed by atoms with van der Waals surface area (Å²) in [4.78, 5) is 11.3. The van der Waals surface area contributed by atoms with Gasteiger partial charge in [-0.15, -0.1) is 0 Å². The summed E-state index contributed by atoms with van der Waals surface area (Å²) in [5.74, 6) is 4.52. The van der Waals surface area contributed by atoms with Crippen LogP contribution >= 0.6 is 0 Å².